The molecule has 7 nitrogen and oxygen atoms in total. The number of hydrogen-bond acceptors (Lipinski definition) is 5. The molecule has 1 aliphatic heterocycles. The van der Waals surface area contributed by atoms with Crippen LogP contribution < -0.4 is 10.6 Å². The van der Waals surface area contributed by atoms with Crippen molar-refractivity contribution in [3.05, 3.63) is 33.9 Å². The van der Waals surface area contributed by atoms with Gasteiger partial charge in [-0.05, 0) is 18.6 Å². The van der Waals surface area contributed by atoms with Crippen LogP contribution in [0.25, 0.3) is 0 Å². The molecule has 0 aromatic heterocycles. The lowest BCUT2D eigenvalue weighted by Crippen LogP contribution is -2.31. The zero-order valence-electron chi connectivity index (χ0n) is 10.0. The molecular formula is C12H12N4O3. The fourth-order valence-electron chi connectivity index (χ4n) is 1.96. The second-order valence-corrected chi connectivity index (χ2v) is 4.28. The van der Waals surface area contributed by atoms with Crippen LogP contribution in [-0.2, 0) is 4.79 Å². The molecule has 98 valence electrons. The first-order valence-corrected chi connectivity index (χ1v) is 5.82. The number of nitrogens with one attached hydrogen (secondary N) is 2. The normalized spacial score (nSPS) is 17.6. The molecule has 1 aromatic carbocycles. The molecule has 7 heteroatoms. The lowest BCUT2D eigenvalue weighted by atomic mass is 10.1. The molecule has 1 unspecified atom stereocenters. The molecule has 2 rings (SSSR count). The number of rotatable bonds is 4. The molecule has 0 saturated carbocycles. The summed E-state index contributed by atoms with van der Waals surface area (Å²) in [5.74, 6) is 0.0256. The number of nitriles is 1. The summed E-state index contributed by atoms with van der Waals surface area (Å²) in [5, 5.41) is 25.4. The number of nitro benzene ring substituents is 1. The molecule has 1 fully saturated rings. The molecule has 1 saturated heterocycles. The molecule has 1 aromatic rings. The third-order valence-electron chi connectivity index (χ3n) is 2.95. The predicted octanol–water partition coefficient (Wildman–Crippen LogP) is 1.16. The van der Waals surface area contributed by atoms with E-state index in [0.717, 1.165) is 6.42 Å². The topological polar surface area (TPSA) is 108 Å². The van der Waals surface area contributed by atoms with Crippen LogP contribution in [0.1, 0.15) is 18.4 Å². The van der Waals surface area contributed by atoms with E-state index in [1.54, 1.807) is 12.1 Å². The van der Waals surface area contributed by atoms with Gasteiger partial charge in [-0.25, -0.2) is 0 Å². The highest BCUT2D eigenvalue weighted by atomic mass is 16.6. The zero-order valence-corrected chi connectivity index (χ0v) is 10.0. The van der Waals surface area contributed by atoms with Crippen LogP contribution in [0.3, 0.4) is 0 Å². The van der Waals surface area contributed by atoms with Crippen molar-refractivity contribution in [2.24, 2.45) is 0 Å². The molecular weight excluding hydrogens is 248 g/mol. The first-order chi connectivity index (χ1) is 9.10. The van der Waals surface area contributed by atoms with Crippen LogP contribution in [0.2, 0.25) is 0 Å². The van der Waals surface area contributed by atoms with Crippen molar-refractivity contribution in [2.45, 2.75) is 18.9 Å². The van der Waals surface area contributed by atoms with E-state index in [9.17, 15) is 14.9 Å². The van der Waals surface area contributed by atoms with Gasteiger partial charge in [0.05, 0.1) is 4.92 Å². The van der Waals surface area contributed by atoms with Crippen molar-refractivity contribution >= 4 is 17.3 Å². The Labute approximate surface area is 109 Å². The van der Waals surface area contributed by atoms with Crippen LogP contribution in [-0.4, -0.2) is 23.4 Å². The molecule has 0 radical (unpaired) electrons. The maximum absolute atomic E-state index is 11.0. The minimum absolute atomic E-state index is 0.0256. The standard InChI is InChI=1S/C12H12N4O3/c13-6-8-1-2-9(5-11(8)16(18)19)14-7-10-3-4-12(17)15-10/h1-2,5,10,14H,3-4,7H2,(H,15,17). The fraction of sp³-hybridized carbons (Fsp3) is 0.333. The Hall–Kier alpha value is -2.62. The first kappa shape index (κ1) is 12.8. The minimum atomic E-state index is -0.582. The third-order valence-corrected chi connectivity index (χ3v) is 2.95. The Bertz CT molecular complexity index is 565. The van der Waals surface area contributed by atoms with Crippen LogP contribution in [0, 0.1) is 21.4 Å². The average molecular weight is 260 g/mol. The van der Waals surface area contributed by atoms with Gasteiger partial charge < -0.3 is 10.6 Å². The average Bonchev–Trinajstić information content (AvgIpc) is 2.81. The minimum Gasteiger partial charge on any atom is -0.383 e. The molecule has 0 spiro atoms. The van der Waals surface area contributed by atoms with Gasteiger partial charge in [0.15, 0.2) is 0 Å². The fourth-order valence-corrected chi connectivity index (χ4v) is 1.96. The van der Waals surface area contributed by atoms with Crippen molar-refractivity contribution in [2.75, 3.05) is 11.9 Å². The van der Waals surface area contributed by atoms with Gasteiger partial charge >= 0.3 is 0 Å². The van der Waals surface area contributed by atoms with Gasteiger partial charge in [0.25, 0.3) is 5.69 Å². The quantitative estimate of drug-likeness (QED) is 0.623. The number of hydrogen-bond donors (Lipinski definition) is 2. The summed E-state index contributed by atoms with van der Waals surface area (Å²) in [5.41, 5.74) is 0.375. The highest BCUT2D eigenvalue weighted by molar-refractivity contribution is 5.78. The van der Waals surface area contributed by atoms with Crippen LogP contribution in [0.4, 0.5) is 11.4 Å². The Morgan fingerprint density at radius 1 is 1.58 bits per heavy atom. The van der Waals surface area contributed by atoms with E-state index in [0.29, 0.717) is 18.7 Å². The van der Waals surface area contributed by atoms with Gasteiger partial charge in [0.2, 0.25) is 5.91 Å². The van der Waals surface area contributed by atoms with Crippen molar-refractivity contribution in [3.63, 3.8) is 0 Å². The van der Waals surface area contributed by atoms with E-state index in [1.807, 2.05) is 0 Å². The van der Waals surface area contributed by atoms with E-state index in [1.165, 1.54) is 12.1 Å². The van der Waals surface area contributed by atoms with Crippen molar-refractivity contribution in [1.29, 1.82) is 5.26 Å². The van der Waals surface area contributed by atoms with E-state index >= 15 is 0 Å². The third kappa shape index (κ3) is 2.98. The Balaban J connectivity index is 2.05. The molecule has 2 N–H and O–H groups in total. The van der Waals surface area contributed by atoms with Gasteiger partial charge in [0, 0.05) is 30.8 Å². The van der Waals surface area contributed by atoms with Gasteiger partial charge in [-0.3, -0.25) is 14.9 Å². The Morgan fingerprint density at radius 2 is 2.37 bits per heavy atom. The zero-order chi connectivity index (χ0) is 13.8. The largest absolute Gasteiger partial charge is 0.383 e. The Kier molecular flexibility index (Phi) is 3.61. The summed E-state index contributed by atoms with van der Waals surface area (Å²) in [6, 6.07) is 6.18. The molecule has 1 aliphatic rings. The lowest BCUT2D eigenvalue weighted by molar-refractivity contribution is -0.385. The summed E-state index contributed by atoms with van der Waals surface area (Å²) < 4.78 is 0. The summed E-state index contributed by atoms with van der Waals surface area (Å²) in [7, 11) is 0. The van der Waals surface area contributed by atoms with E-state index in [4.69, 9.17) is 5.26 Å². The summed E-state index contributed by atoms with van der Waals surface area (Å²) in [4.78, 5) is 21.3. The van der Waals surface area contributed by atoms with Crippen molar-refractivity contribution in [1.82, 2.24) is 5.32 Å². The van der Waals surface area contributed by atoms with Crippen LogP contribution in [0.5, 0.6) is 0 Å². The summed E-state index contributed by atoms with van der Waals surface area (Å²) in [6.07, 6.45) is 1.27. The van der Waals surface area contributed by atoms with Gasteiger partial charge in [0.1, 0.15) is 11.6 Å². The second-order valence-electron chi connectivity index (χ2n) is 4.28. The molecule has 1 amide bonds. The highest BCUT2D eigenvalue weighted by Crippen LogP contribution is 2.22. The number of nitrogens with zero attached hydrogens (tertiary/aromatic N) is 2. The molecule has 19 heavy (non-hydrogen) atoms. The first-order valence-electron chi connectivity index (χ1n) is 5.82. The van der Waals surface area contributed by atoms with Crippen LogP contribution >= 0.6 is 0 Å². The predicted molar refractivity (Wildman–Crippen MR) is 67.5 cm³/mol. The summed E-state index contributed by atoms with van der Waals surface area (Å²) in [6.45, 7) is 0.509. The maximum atomic E-state index is 11.0. The SMILES string of the molecule is N#Cc1ccc(NCC2CCC(=O)N2)cc1[N+](=O)[O-]. The van der Waals surface area contributed by atoms with E-state index in [-0.39, 0.29) is 23.2 Å². The maximum Gasteiger partial charge on any atom is 0.289 e. The number of carbonyl (C=O) groups is 1. The van der Waals surface area contributed by atoms with Crippen molar-refractivity contribution < 1.29 is 9.72 Å². The molecule has 0 aliphatic carbocycles. The monoisotopic (exact) mass is 260 g/mol. The van der Waals surface area contributed by atoms with Crippen LogP contribution in [0.15, 0.2) is 18.2 Å². The van der Waals surface area contributed by atoms with Gasteiger partial charge in [-0.2, -0.15) is 5.26 Å². The van der Waals surface area contributed by atoms with E-state index < -0.39 is 4.92 Å². The number of amides is 1. The highest BCUT2D eigenvalue weighted by Gasteiger charge is 2.20. The van der Waals surface area contributed by atoms with Gasteiger partial charge in [-0.15, -0.1) is 0 Å². The second kappa shape index (κ2) is 5.35. The number of carbonyl (C=O) groups excluding carboxylic acids is 1. The van der Waals surface area contributed by atoms with Crippen molar-refractivity contribution in [3.8, 4) is 6.07 Å². The Morgan fingerprint density at radius 3 is 2.95 bits per heavy atom. The summed E-state index contributed by atoms with van der Waals surface area (Å²) >= 11 is 0. The number of benzene rings is 1. The van der Waals surface area contributed by atoms with E-state index in [2.05, 4.69) is 10.6 Å². The number of anilines is 1. The number of nitro groups is 1. The van der Waals surface area contributed by atoms with Gasteiger partial charge in [-0.1, -0.05) is 0 Å². The molecule has 1 atom stereocenters. The molecule has 0 bridgehead atoms. The molecule has 1 heterocycles. The smallest absolute Gasteiger partial charge is 0.289 e. The lowest BCUT2D eigenvalue weighted by Gasteiger charge is -2.12.